The van der Waals surface area contributed by atoms with E-state index in [-0.39, 0.29) is 0 Å². The highest BCUT2D eigenvalue weighted by atomic mass is 16.5. The fourth-order valence-corrected chi connectivity index (χ4v) is 1.93. The van der Waals surface area contributed by atoms with E-state index >= 15 is 0 Å². The molecule has 14 heavy (non-hydrogen) atoms. The monoisotopic (exact) mass is 187 g/mol. The van der Waals surface area contributed by atoms with E-state index in [4.69, 9.17) is 4.74 Å². The van der Waals surface area contributed by atoms with Gasteiger partial charge in [0.1, 0.15) is 5.75 Å². The van der Waals surface area contributed by atoms with Gasteiger partial charge in [-0.3, -0.25) is 4.79 Å². The van der Waals surface area contributed by atoms with E-state index in [2.05, 4.69) is 11.1 Å². The number of aromatic nitrogens is 1. The van der Waals surface area contributed by atoms with Crippen molar-refractivity contribution in [2.45, 2.75) is 6.42 Å². The zero-order valence-corrected chi connectivity index (χ0v) is 7.54. The van der Waals surface area contributed by atoms with Crippen molar-refractivity contribution in [3.63, 3.8) is 0 Å². The van der Waals surface area contributed by atoms with Gasteiger partial charge in [0.05, 0.1) is 17.8 Å². The normalized spacial score (nSPS) is 14.0. The first-order valence-corrected chi connectivity index (χ1v) is 4.61. The van der Waals surface area contributed by atoms with Crippen molar-refractivity contribution in [3.05, 3.63) is 29.5 Å². The van der Waals surface area contributed by atoms with Crippen molar-refractivity contribution in [3.8, 4) is 5.75 Å². The maximum Gasteiger partial charge on any atom is 0.166 e. The first-order valence-electron chi connectivity index (χ1n) is 4.61. The zero-order valence-electron chi connectivity index (χ0n) is 7.54. The van der Waals surface area contributed by atoms with E-state index in [1.54, 1.807) is 0 Å². The maximum atomic E-state index is 10.6. The summed E-state index contributed by atoms with van der Waals surface area (Å²) in [5.41, 5.74) is 2.77. The van der Waals surface area contributed by atoms with Crippen LogP contribution in [0.3, 0.4) is 0 Å². The van der Waals surface area contributed by atoms with Crippen LogP contribution in [-0.4, -0.2) is 17.9 Å². The standard InChI is InChI=1S/C11H9NO2/c13-6-9-5-8-2-1-7-3-4-14-11(7)10(8)12-9/h1-2,5-6,12H,3-4H2. The van der Waals surface area contributed by atoms with Crippen molar-refractivity contribution in [1.29, 1.82) is 0 Å². The van der Waals surface area contributed by atoms with E-state index in [1.807, 2.05) is 12.1 Å². The van der Waals surface area contributed by atoms with Crippen LogP contribution in [-0.2, 0) is 6.42 Å². The van der Waals surface area contributed by atoms with Crippen LogP contribution in [0.5, 0.6) is 5.75 Å². The van der Waals surface area contributed by atoms with Gasteiger partial charge in [-0.05, 0) is 11.6 Å². The third-order valence-corrected chi connectivity index (χ3v) is 2.60. The molecule has 0 unspecified atom stereocenters. The summed E-state index contributed by atoms with van der Waals surface area (Å²) in [5.74, 6) is 0.913. The summed E-state index contributed by atoms with van der Waals surface area (Å²) in [4.78, 5) is 13.7. The van der Waals surface area contributed by atoms with Crippen molar-refractivity contribution < 1.29 is 9.53 Å². The van der Waals surface area contributed by atoms with Gasteiger partial charge in [-0.1, -0.05) is 12.1 Å². The molecule has 3 heteroatoms. The molecule has 0 radical (unpaired) electrons. The molecule has 0 atom stereocenters. The Balaban J connectivity index is 2.36. The molecule has 1 aromatic heterocycles. The molecule has 0 saturated heterocycles. The largest absolute Gasteiger partial charge is 0.491 e. The maximum absolute atomic E-state index is 10.6. The summed E-state index contributed by atoms with van der Waals surface area (Å²) in [7, 11) is 0. The van der Waals surface area contributed by atoms with E-state index in [0.717, 1.165) is 36.0 Å². The highest BCUT2D eigenvalue weighted by Gasteiger charge is 2.16. The second-order valence-electron chi connectivity index (χ2n) is 3.46. The molecule has 2 aromatic rings. The lowest BCUT2D eigenvalue weighted by Crippen LogP contribution is -1.87. The number of hydrogen-bond acceptors (Lipinski definition) is 2. The molecule has 0 bridgehead atoms. The molecule has 0 saturated carbocycles. The number of benzene rings is 1. The summed E-state index contributed by atoms with van der Waals surface area (Å²) in [6, 6.07) is 5.92. The van der Waals surface area contributed by atoms with Crippen LogP contribution in [0.2, 0.25) is 0 Å². The molecule has 0 fully saturated rings. The van der Waals surface area contributed by atoms with Gasteiger partial charge < -0.3 is 9.72 Å². The molecule has 3 rings (SSSR count). The Morgan fingerprint density at radius 1 is 1.43 bits per heavy atom. The summed E-state index contributed by atoms with van der Waals surface area (Å²) in [5, 5.41) is 1.03. The first-order chi connectivity index (χ1) is 6.88. The summed E-state index contributed by atoms with van der Waals surface area (Å²) in [6.07, 6.45) is 1.78. The number of nitrogens with one attached hydrogen (secondary N) is 1. The number of hydrogen-bond donors (Lipinski definition) is 1. The lowest BCUT2D eigenvalue weighted by Gasteiger charge is -1.99. The minimum atomic E-state index is 0.601. The lowest BCUT2D eigenvalue weighted by molar-refractivity contribution is 0.112. The topological polar surface area (TPSA) is 42.1 Å². The number of rotatable bonds is 1. The van der Waals surface area contributed by atoms with Gasteiger partial charge in [0, 0.05) is 11.8 Å². The van der Waals surface area contributed by atoms with Crippen LogP contribution in [0, 0.1) is 0 Å². The van der Waals surface area contributed by atoms with Crippen LogP contribution in [0.25, 0.3) is 10.9 Å². The number of H-pyrrole nitrogens is 1. The van der Waals surface area contributed by atoms with Gasteiger partial charge >= 0.3 is 0 Å². The zero-order chi connectivity index (χ0) is 9.54. The fourth-order valence-electron chi connectivity index (χ4n) is 1.93. The van der Waals surface area contributed by atoms with Crippen LogP contribution in [0.1, 0.15) is 16.1 Å². The van der Waals surface area contributed by atoms with Gasteiger partial charge in [-0.15, -0.1) is 0 Å². The summed E-state index contributed by atoms with van der Waals surface area (Å²) < 4.78 is 5.52. The molecule has 70 valence electrons. The number of aromatic amines is 1. The Labute approximate surface area is 80.7 Å². The lowest BCUT2D eigenvalue weighted by atomic mass is 10.1. The molecule has 0 spiro atoms. The molecule has 1 N–H and O–H groups in total. The van der Waals surface area contributed by atoms with E-state index in [9.17, 15) is 4.79 Å². The van der Waals surface area contributed by atoms with Crippen LogP contribution >= 0.6 is 0 Å². The first kappa shape index (κ1) is 7.62. The van der Waals surface area contributed by atoms with Crippen LogP contribution in [0.15, 0.2) is 18.2 Å². The van der Waals surface area contributed by atoms with Gasteiger partial charge in [0.25, 0.3) is 0 Å². The fraction of sp³-hybridized carbons (Fsp3) is 0.182. The SMILES string of the molecule is O=Cc1cc2ccc3c(c2[nH]1)OCC3. The van der Waals surface area contributed by atoms with E-state index in [1.165, 1.54) is 5.56 Å². The minimum absolute atomic E-state index is 0.601. The van der Waals surface area contributed by atoms with Crippen LogP contribution in [0.4, 0.5) is 0 Å². The summed E-state index contributed by atoms with van der Waals surface area (Å²) in [6.45, 7) is 0.740. The Morgan fingerprint density at radius 2 is 2.36 bits per heavy atom. The molecule has 0 aliphatic carbocycles. The van der Waals surface area contributed by atoms with Crippen molar-refractivity contribution in [1.82, 2.24) is 4.98 Å². The highest BCUT2D eigenvalue weighted by molar-refractivity contribution is 5.92. The molecule has 1 aromatic carbocycles. The van der Waals surface area contributed by atoms with Crippen molar-refractivity contribution in [2.24, 2.45) is 0 Å². The second-order valence-corrected chi connectivity index (χ2v) is 3.46. The van der Waals surface area contributed by atoms with Gasteiger partial charge in [-0.2, -0.15) is 0 Å². The molecule has 1 aliphatic rings. The number of ether oxygens (including phenoxy) is 1. The molecule has 1 aliphatic heterocycles. The second kappa shape index (κ2) is 2.61. The Morgan fingerprint density at radius 3 is 3.21 bits per heavy atom. The molecular weight excluding hydrogens is 178 g/mol. The smallest absolute Gasteiger partial charge is 0.166 e. The van der Waals surface area contributed by atoms with Crippen molar-refractivity contribution >= 4 is 17.2 Å². The third-order valence-electron chi connectivity index (χ3n) is 2.60. The Kier molecular flexibility index (Phi) is 1.42. The van der Waals surface area contributed by atoms with Gasteiger partial charge in [0.15, 0.2) is 6.29 Å². The predicted octanol–water partition coefficient (Wildman–Crippen LogP) is 1.92. The number of fused-ring (bicyclic) bond motifs is 3. The Bertz CT molecular complexity index is 513. The molecule has 0 amide bonds. The average Bonchev–Trinajstić information content (AvgIpc) is 2.82. The Hall–Kier alpha value is -1.77. The quantitative estimate of drug-likeness (QED) is 0.693. The predicted molar refractivity (Wildman–Crippen MR) is 52.9 cm³/mol. The van der Waals surface area contributed by atoms with Gasteiger partial charge in [0.2, 0.25) is 0 Å². The third kappa shape index (κ3) is 0.894. The molecule has 3 nitrogen and oxygen atoms in total. The van der Waals surface area contributed by atoms with E-state index < -0.39 is 0 Å². The number of aldehydes is 1. The van der Waals surface area contributed by atoms with Gasteiger partial charge in [-0.25, -0.2) is 0 Å². The summed E-state index contributed by atoms with van der Waals surface area (Å²) >= 11 is 0. The van der Waals surface area contributed by atoms with Crippen LogP contribution < -0.4 is 4.74 Å². The van der Waals surface area contributed by atoms with E-state index in [0.29, 0.717) is 5.69 Å². The molecular formula is C11H9NO2. The average molecular weight is 187 g/mol. The number of carbonyl (C=O) groups excluding carboxylic acids is 1. The highest BCUT2D eigenvalue weighted by Crippen LogP contribution is 2.33. The van der Waals surface area contributed by atoms with Crippen molar-refractivity contribution in [2.75, 3.05) is 6.61 Å². The number of carbonyl (C=O) groups is 1. The minimum Gasteiger partial charge on any atom is -0.491 e. The molecule has 2 heterocycles.